The average Bonchev–Trinajstić information content (AvgIpc) is 3.34. The van der Waals surface area contributed by atoms with Crippen molar-refractivity contribution in [1.29, 1.82) is 0 Å². The van der Waals surface area contributed by atoms with Crippen molar-refractivity contribution in [3.05, 3.63) is 65.2 Å². The quantitative estimate of drug-likeness (QED) is 0.652. The molecule has 0 bridgehead atoms. The molecule has 1 spiro atoms. The second-order valence-corrected chi connectivity index (χ2v) is 8.05. The molecule has 152 valence electrons. The number of carbonyl (C=O) groups is 2. The van der Waals surface area contributed by atoms with Gasteiger partial charge in [0, 0.05) is 22.9 Å². The number of ether oxygens (including phenoxy) is 2. The summed E-state index contributed by atoms with van der Waals surface area (Å²) in [5.74, 6) is 1.15. The standard InChI is InChI=1S/C22H19N3O4S/c1-28-16-8-6-14(7-9-16)19-23-15(13-30-19)12-25-20(26)22(24-21(25)27)10-11-29-18-5-3-2-4-17(18)22/h2-9,13H,10-12H2,1H3,(H,24,27)/t22-/m1/s1. The Labute approximate surface area is 177 Å². The van der Waals surface area contributed by atoms with Crippen LogP contribution in [0.5, 0.6) is 11.5 Å². The van der Waals surface area contributed by atoms with Gasteiger partial charge >= 0.3 is 6.03 Å². The lowest BCUT2D eigenvalue weighted by Gasteiger charge is -2.33. The van der Waals surface area contributed by atoms with E-state index in [2.05, 4.69) is 10.3 Å². The molecule has 1 atom stereocenters. The van der Waals surface area contributed by atoms with Gasteiger partial charge in [-0.1, -0.05) is 18.2 Å². The van der Waals surface area contributed by atoms with E-state index >= 15 is 0 Å². The van der Waals surface area contributed by atoms with Crippen LogP contribution < -0.4 is 14.8 Å². The average molecular weight is 421 g/mol. The maximum absolute atomic E-state index is 13.4. The molecular formula is C22H19N3O4S. The molecule has 0 unspecified atom stereocenters. The summed E-state index contributed by atoms with van der Waals surface area (Å²) in [4.78, 5) is 32.0. The third kappa shape index (κ3) is 2.91. The lowest BCUT2D eigenvalue weighted by molar-refractivity contribution is -0.133. The Balaban J connectivity index is 1.40. The Morgan fingerprint density at radius 3 is 2.80 bits per heavy atom. The number of carbonyl (C=O) groups excluding carboxylic acids is 2. The molecule has 7 nitrogen and oxygen atoms in total. The number of para-hydroxylation sites is 1. The van der Waals surface area contributed by atoms with Gasteiger partial charge in [-0.3, -0.25) is 9.69 Å². The van der Waals surface area contributed by atoms with E-state index in [1.165, 1.54) is 16.2 Å². The van der Waals surface area contributed by atoms with Crippen molar-refractivity contribution in [2.24, 2.45) is 0 Å². The van der Waals surface area contributed by atoms with Gasteiger partial charge in [0.15, 0.2) is 5.54 Å². The van der Waals surface area contributed by atoms with Gasteiger partial charge in [0.05, 0.1) is 26.0 Å². The van der Waals surface area contributed by atoms with E-state index in [4.69, 9.17) is 9.47 Å². The summed E-state index contributed by atoms with van der Waals surface area (Å²) >= 11 is 1.48. The fourth-order valence-corrected chi connectivity index (χ4v) is 4.74. The zero-order chi connectivity index (χ0) is 20.7. The normalized spacial score (nSPS) is 20.1. The molecule has 0 saturated carbocycles. The van der Waals surface area contributed by atoms with Crippen LogP contribution in [0.3, 0.4) is 0 Å². The molecule has 2 aromatic carbocycles. The van der Waals surface area contributed by atoms with Gasteiger partial charge < -0.3 is 14.8 Å². The van der Waals surface area contributed by atoms with Crippen LogP contribution in [-0.4, -0.2) is 35.5 Å². The topological polar surface area (TPSA) is 80.8 Å². The first-order chi connectivity index (χ1) is 14.6. The van der Waals surface area contributed by atoms with E-state index in [-0.39, 0.29) is 12.5 Å². The van der Waals surface area contributed by atoms with E-state index in [1.54, 1.807) is 7.11 Å². The lowest BCUT2D eigenvalue weighted by atomic mass is 9.84. The first-order valence-corrected chi connectivity index (χ1v) is 10.4. The van der Waals surface area contributed by atoms with Crippen molar-refractivity contribution in [2.75, 3.05) is 13.7 Å². The molecule has 3 amide bonds. The molecule has 1 saturated heterocycles. The van der Waals surface area contributed by atoms with Gasteiger partial charge in [-0.05, 0) is 30.3 Å². The summed E-state index contributed by atoms with van der Waals surface area (Å²) in [6.07, 6.45) is 0.402. The Morgan fingerprint density at radius 1 is 1.20 bits per heavy atom. The van der Waals surface area contributed by atoms with Crippen LogP contribution in [0, 0.1) is 0 Å². The first kappa shape index (κ1) is 18.6. The fraction of sp³-hybridized carbons (Fsp3) is 0.227. The molecule has 5 rings (SSSR count). The molecule has 30 heavy (non-hydrogen) atoms. The minimum Gasteiger partial charge on any atom is -0.497 e. The SMILES string of the molecule is COc1ccc(-c2nc(CN3C(=O)N[C@@]4(CCOc5ccccc54)C3=O)cs2)cc1. The van der Waals surface area contributed by atoms with Crippen LogP contribution in [0.15, 0.2) is 53.9 Å². The highest BCUT2D eigenvalue weighted by atomic mass is 32.1. The van der Waals surface area contributed by atoms with Crippen LogP contribution in [0.2, 0.25) is 0 Å². The number of hydrogen-bond acceptors (Lipinski definition) is 6. The molecule has 0 radical (unpaired) electrons. The third-order valence-corrected chi connectivity index (χ3v) is 6.41. The molecule has 3 heterocycles. The molecule has 0 aliphatic carbocycles. The molecule has 1 aromatic heterocycles. The van der Waals surface area contributed by atoms with E-state index in [0.717, 1.165) is 16.3 Å². The number of hydrogen-bond donors (Lipinski definition) is 1. The van der Waals surface area contributed by atoms with Crippen molar-refractivity contribution in [1.82, 2.24) is 15.2 Å². The molecule has 1 N–H and O–H groups in total. The number of amides is 3. The number of nitrogens with one attached hydrogen (secondary N) is 1. The minimum atomic E-state index is -1.07. The van der Waals surface area contributed by atoms with Gasteiger partial charge in [-0.25, -0.2) is 9.78 Å². The smallest absolute Gasteiger partial charge is 0.325 e. The van der Waals surface area contributed by atoms with Gasteiger partial charge in [0.2, 0.25) is 0 Å². The van der Waals surface area contributed by atoms with Crippen molar-refractivity contribution < 1.29 is 19.1 Å². The first-order valence-electron chi connectivity index (χ1n) is 9.56. The molecular weight excluding hydrogens is 402 g/mol. The van der Waals surface area contributed by atoms with Crippen molar-refractivity contribution in [3.8, 4) is 22.1 Å². The molecule has 8 heteroatoms. The Bertz CT molecular complexity index is 1130. The van der Waals surface area contributed by atoms with E-state index in [0.29, 0.717) is 30.0 Å². The number of nitrogens with zero attached hydrogens (tertiary/aromatic N) is 2. The van der Waals surface area contributed by atoms with Crippen LogP contribution in [0.1, 0.15) is 17.7 Å². The second kappa shape index (κ2) is 7.14. The Hall–Kier alpha value is -3.39. The van der Waals surface area contributed by atoms with Gasteiger partial charge in [0.25, 0.3) is 5.91 Å². The zero-order valence-corrected chi connectivity index (χ0v) is 17.1. The molecule has 3 aromatic rings. The highest BCUT2D eigenvalue weighted by Crippen LogP contribution is 2.41. The monoisotopic (exact) mass is 421 g/mol. The van der Waals surface area contributed by atoms with Gasteiger partial charge in [0.1, 0.15) is 16.5 Å². The molecule has 2 aliphatic rings. The number of rotatable bonds is 4. The number of benzene rings is 2. The number of thiazole rings is 1. The van der Waals surface area contributed by atoms with Crippen LogP contribution in [0.25, 0.3) is 10.6 Å². The number of aromatic nitrogens is 1. The molecule has 2 aliphatic heterocycles. The van der Waals surface area contributed by atoms with E-state index in [1.807, 2.05) is 53.9 Å². The summed E-state index contributed by atoms with van der Waals surface area (Å²) in [6.45, 7) is 0.497. The van der Waals surface area contributed by atoms with Crippen LogP contribution >= 0.6 is 11.3 Å². The summed E-state index contributed by atoms with van der Waals surface area (Å²) in [7, 11) is 1.62. The number of methoxy groups -OCH3 is 1. The lowest BCUT2D eigenvalue weighted by Crippen LogP contribution is -2.47. The Kier molecular flexibility index (Phi) is 4.43. The number of urea groups is 1. The van der Waals surface area contributed by atoms with Crippen molar-refractivity contribution in [2.45, 2.75) is 18.5 Å². The maximum atomic E-state index is 13.4. The van der Waals surface area contributed by atoms with E-state index in [9.17, 15) is 9.59 Å². The summed E-state index contributed by atoms with van der Waals surface area (Å²) in [5.41, 5.74) is 1.26. The highest BCUT2D eigenvalue weighted by Gasteiger charge is 2.54. The summed E-state index contributed by atoms with van der Waals surface area (Å²) < 4.78 is 10.9. The van der Waals surface area contributed by atoms with Gasteiger partial charge in [-0.2, -0.15) is 0 Å². The van der Waals surface area contributed by atoms with Crippen LogP contribution in [-0.2, 0) is 16.9 Å². The minimum absolute atomic E-state index is 0.127. The predicted octanol–water partition coefficient (Wildman–Crippen LogP) is 3.55. The summed E-state index contributed by atoms with van der Waals surface area (Å²) in [5, 5.41) is 5.62. The van der Waals surface area contributed by atoms with E-state index < -0.39 is 11.6 Å². The second-order valence-electron chi connectivity index (χ2n) is 7.19. The number of fused-ring (bicyclic) bond motifs is 2. The van der Waals surface area contributed by atoms with Crippen LogP contribution in [0.4, 0.5) is 4.79 Å². The highest BCUT2D eigenvalue weighted by molar-refractivity contribution is 7.13. The largest absolute Gasteiger partial charge is 0.497 e. The zero-order valence-electron chi connectivity index (χ0n) is 16.3. The van der Waals surface area contributed by atoms with Crippen molar-refractivity contribution >= 4 is 23.3 Å². The fourth-order valence-electron chi connectivity index (χ4n) is 3.92. The summed E-state index contributed by atoms with van der Waals surface area (Å²) in [6, 6.07) is 14.6. The Morgan fingerprint density at radius 2 is 2.00 bits per heavy atom. The molecule has 1 fully saturated rings. The maximum Gasteiger partial charge on any atom is 0.325 e. The van der Waals surface area contributed by atoms with Crippen molar-refractivity contribution in [3.63, 3.8) is 0 Å². The van der Waals surface area contributed by atoms with Gasteiger partial charge in [-0.15, -0.1) is 11.3 Å². The third-order valence-electron chi connectivity index (χ3n) is 5.47. The number of imide groups is 1. The predicted molar refractivity (Wildman–Crippen MR) is 111 cm³/mol.